The highest BCUT2D eigenvalue weighted by Crippen LogP contribution is 2.18. The molecule has 0 aromatic carbocycles. The number of nitrogens with one attached hydrogen (secondary N) is 1. The Morgan fingerprint density at radius 3 is 1.11 bits per heavy atom. The van der Waals surface area contributed by atoms with Crippen molar-refractivity contribution in [3.05, 3.63) is 24.3 Å². The predicted octanol–water partition coefficient (Wildman–Crippen LogP) is 19.8. The summed E-state index contributed by atoms with van der Waals surface area (Å²) < 4.78 is 5.49. The molecule has 0 aliphatic heterocycles. The van der Waals surface area contributed by atoms with Crippen molar-refractivity contribution in [2.24, 2.45) is 0 Å². The maximum absolute atomic E-state index is 12.5. The lowest BCUT2D eigenvalue weighted by atomic mass is 10.0. The quantitative estimate of drug-likeness (QED) is 0.0321. The van der Waals surface area contributed by atoms with Crippen LogP contribution in [0.5, 0.6) is 0 Å². The van der Waals surface area contributed by atoms with Gasteiger partial charge in [-0.05, 0) is 57.8 Å². The maximum Gasteiger partial charge on any atom is 0.305 e. The van der Waals surface area contributed by atoms with E-state index in [2.05, 4.69) is 43.5 Å². The van der Waals surface area contributed by atoms with Gasteiger partial charge < -0.3 is 20.3 Å². The molecular formula is C64H123NO5. The monoisotopic (exact) mass is 986 g/mol. The van der Waals surface area contributed by atoms with E-state index in [0.29, 0.717) is 25.9 Å². The molecule has 0 spiro atoms. The lowest BCUT2D eigenvalue weighted by Gasteiger charge is -2.22. The van der Waals surface area contributed by atoms with Gasteiger partial charge in [0.15, 0.2) is 0 Å². The van der Waals surface area contributed by atoms with Crippen LogP contribution < -0.4 is 5.32 Å². The third-order valence-electron chi connectivity index (χ3n) is 14.8. The SMILES string of the molecule is CCCCC/C=C\C/C=C\CCCCCCCCCCCC(=O)OCCCCCCCCCCCCCCC(=O)NC(CO)C(O)CCCCCCCCCCCCCCCCCCCCCCCC. The Balaban J connectivity index is 3.44. The minimum absolute atomic E-state index is 0.0118. The van der Waals surface area contributed by atoms with Gasteiger partial charge in [-0.2, -0.15) is 0 Å². The average Bonchev–Trinajstić information content (AvgIpc) is 3.36. The van der Waals surface area contributed by atoms with Crippen LogP contribution in [0.1, 0.15) is 348 Å². The summed E-state index contributed by atoms with van der Waals surface area (Å²) in [4.78, 5) is 24.6. The van der Waals surface area contributed by atoms with Crippen molar-refractivity contribution in [2.45, 2.75) is 360 Å². The van der Waals surface area contributed by atoms with Gasteiger partial charge in [-0.1, -0.05) is 301 Å². The van der Waals surface area contributed by atoms with E-state index in [4.69, 9.17) is 4.74 Å². The maximum atomic E-state index is 12.5. The molecule has 2 unspecified atom stereocenters. The standard InChI is InChI=1S/C64H123NO5/c1-3-5-7-9-11-13-15-17-19-21-23-24-25-27-28-30-32-36-40-44-48-52-56-62(67)61(60-66)65-63(68)57-53-49-45-41-37-34-35-39-43-47-51-55-59-70-64(69)58-54-50-46-42-38-33-31-29-26-22-20-18-16-14-12-10-8-6-4-2/h12,14,18,20,61-62,66-67H,3-11,13,15-17,19,21-60H2,1-2H3,(H,65,68)/b14-12-,20-18-. The zero-order valence-corrected chi connectivity index (χ0v) is 47.3. The number of hydrogen-bond acceptors (Lipinski definition) is 5. The molecule has 0 aliphatic carbocycles. The zero-order valence-electron chi connectivity index (χ0n) is 47.3. The van der Waals surface area contributed by atoms with Crippen LogP contribution in [0.2, 0.25) is 0 Å². The number of ether oxygens (including phenoxy) is 1. The Bertz CT molecular complexity index is 1090. The number of hydrogen-bond donors (Lipinski definition) is 3. The molecule has 6 nitrogen and oxygen atoms in total. The topological polar surface area (TPSA) is 95.9 Å². The first-order chi connectivity index (χ1) is 34.5. The molecule has 3 N–H and O–H groups in total. The van der Waals surface area contributed by atoms with Crippen molar-refractivity contribution in [3.63, 3.8) is 0 Å². The molecule has 414 valence electrons. The van der Waals surface area contributed by atoms with E-state index in [-0.39, 0.29) is 18.5 Å². The van der Waals surface area contributed by atoms with Crippen molar-refractivity contribution in [1.82, 2.24) is 5.32 Å². The van der Waals surface area contributed by atoms with Gasteiger partial charge in [0.1, 0.15) is 0 Å². The first kappa shape index (κ1) is 68.3. The fourth-order valence-corrected chi connectivity index (χ4v) is 9.91. The first-order valence-corrected chi connectivity index (χ1v) is 31.6. The number of aliphatic hydroxyl groups is 2. The molecule has 0 saturated heterocycles. The second-order valence-corrected chi connectivity index (χ2v) is 21.7. The molecule has 0 fully saturated rings. The van der Waals surface area contributed by atoms with Crippen LogP contribution in [0.25, 0.3) is 0 Å². The third-order valence-corrected chi connectivity index (χ3v) is 14.8. The van der Waals surface area contributed by atoms with Crippen molar-refractivity contribution in [1.29, 1.82) is 0 Å². The van der Waals surface area contributed by atoms with Crippen molar-refractivity contribution in [2.75, 3.05) is 13.2 Å². The largest absolute Gasteiger partial charge is 0.466 e. The molecule has 0 heterocycles. The molecule has 0 aliphatic rings. The molecule has 0 saturated carbocycles. The number of carbonyl (C=O) groups excluding carboxylic acids is 2. The normalized spacial score (nSPS) is 12.7. The number of amides is 1. The summed E-state index contributed by atoms with van der Waals surface area (Å²) in [5.41, 5.74) is 0. The van der Waals surface area contributed by atoms with Crippen LogP contribution >= 0.6 is 0 Å². The van der Waals surface area contributed by atoms with Gasteiger partial charge in [0, 0.05) is 12.8 Å². The second-order valence-electron chi connectivity index (χ2n) is 21.7. The van der Waals surface area contributed by atoms with E-state index in [1.54, 1.807) is 0 Å². The van der Waals surface area contributed by atoms with Crippen LogP contribution in [0.15, 0.2) is 24.3 Å². The van der Waals surface area contributed by atoms with Crippen molar-refractivity contribution in [3.8, 4) is 0 Å². The number of rotatable bonds is 59. The molecule has 2 atom stereocenters. The Morgan fingerprint density at radius 2 is 0.714 bits per heavy atom. The highest BCUT2D eigenvalue weighted by molar-refractivity contribution is 5.76. The van der Waals surface area contributed by atoms with Crippen molar-refractivity contribution >= 4 is 11.9 Å². The van der Waals surface area contributed by atoms with Crippen LogP contribution in [-0.2, 0) is 14.3 Å². The van der Waals surface area contributed by atoms with E-state index in [1.807, 2.05) is 0 Å². The van der Waals surface area contributed by atoms with Crippen LogP contribution in [0.4, 0.5) is 0 Å². The van der Waals surface area contributed by atoms with Gasteiger partial charge in [0.2, 0.25) is 5.91 Å². The summed E-state index contributed by atoms with van der Waals surface area (Å²) in [5, 5.41) is 23.4. The Labute approximate surface area is 437 Å². The second kappa shape index (κ2) is 59.9. The number of esters is 1. The fraction of sp³-hybridized carbons (Fsp3) is 0.906. The molecular weight excluding hydrogens is 863 g/mol. The Morgan fingerprint density at radius 1 is 0.400 bits per heavy atom. The van der Waals surface area contributed by atoms with E-state index >= 15 is 0 Å². The minimum Gasteiger partial charge on any atom is -0.466 e. The Kier molecular flexibility index (Phi) is 58.5. The summed E-state index contributed by atoms with van der Waals surface area (Å²) in [7, 11) is 0. The summed E-state index contributed by atoms with van der Waals surface area (Å²) in [6.45, 7) is 4.92. The van der Waals surface area contributed by atoms with Gasteiger partial charge in [-0.15, -0.1) is 0 Å². The smallest absolute Gasteiger partial charge is 0.305 e. The van der Waals surface area contributed by atoms with Crippen molar-refractivity contribution < 1.29 is 24.5 Å². The molecule has 1 amide bonds. The molecule has 0 aromatic rings. The van der Waals surface area contributed by atoms with Gasteiger partial charge in [-0.3, -0.25) is 9.59 Å². The summed E-state index contributed by atoms with van der Waals surface area (Å²) >= 11 is 0. The summed E-state index contributed by atoms with van der Waals surface area (Å²) in [5.74, 6) is -0.0589. The average molecular weight is 987 g/mol. The predicted molar refractivity (Wildman–Crippen MR) is 306 cm³/mol. The van der Waals surface area contributed by atoms with E-state index in [1.165, 1.54) is 250 Å². The molecule has 0 bridgehead atoms. The van der Waals surface area contributed by atoms with Gasteiger partial charge in [0.25, 0.3) is 0 Å². The first-order valence-electron chi connectivity index (χ1n) is 31.6. The lowest BCUT2D eigenvalue weighted by Crippen LogP contribution is -2.45. The number of carbonyl (C=O) groups is 2. The lowest BCUT2D eigenvalue weighted by molar-refractivity contribution is -0.143. The van der Waals surface area contributed by atoms with Gasteiger partial charge in [0.05, 0.1) is 25.4 Å². The number of allylic oxidation sites excluding steroid dienone is 4. The van der Waals surface area contributed by atoms with Crippen LogP contribution in [0.3, 0.4) is 0 Å². The van der Waals surface area contributed by atoms with E-state index in [9.17, 15) is 19.8 Å². The number of aliphatic hydroxyl groups excluding tert-OH is 2. The van der Waals surface area contributed by atoms with E-state index in [0.717, 1.165) is 64.2 Å². The summed E-state index contributed by atoms with van der Waals surface area (Å²) in [6.07, 6.45) is 73.2. The third kappa shape index (κ3) is 55.7. The van der Waals surface area contributed by atoms with Crippen LogP contribution in [0, 0.1) is 0 Å². The number of unbranched alkanes of at least 4 members (excludes halogenated alkanes) is 44. The zero-order chi connectivity index (χ0) is 50.7. The molecule has 0 aromatic heterocycles. The molecule has 0 rings (SSSR count). The highest BCUT2D eigenvalue weighted by Gasteiger charge is 2.20. The fourth-order valence-electron chi connectivity index (χ4n) is 9.91. The van der Waals surface area contributed by atoms with Gasteiger partial charge >= 0.3 is 5.97 Å². The van der Waals surface area contributed by atoms with Crippen LogP contribution in [-0.4, -0.2) is 47.4 Å². The molecule has 70 heavy (non-hydrogen) atoms. The van der Waals surface area contributed by atoms with E-state index < -0.39 is 12.1 Å². The Hall–Kier alpha value is -1.66. The molecule has 0 radical (unpaired) electrons. The highest BCUT2D eigenvalue weighted by atomic mass is 16.5. The minimum atomic E-state index is -0.676. The summed E-state index contributed by atoms with van der Waals surface area (Å²) in [6, 6.07) is -0.555. The molecule has 6 heteroatoms. The van der Waals surface area contributed by atoms with Gasteiger partial charge in [-0.25, -0.2) is 0 Å².